The number of nitrogens with two attached hydrogens (primary N) is 1. The van der Waals surface area contributed by atoms with Gasteiger partial charge in [-0.2, -0.15) is 0 Å². The minimum atomic E-state index is -0.841. The molecule has 0 aromatic heterocycles. The zero-order chi connectivity index (χ0) is 8.69. The molecule has 0 aromatic rings. The summed E-state index contributed by atoms with van der Waals surface area (Å²) in [6.45, 7) is 3.15. The van der Waals surface area contributed by atoms with Crippen molar-refractivity contribution in [3.05, 3.63) is 0 Å². The fraction of sp³-hybridized carbons (Fsp3) is 0.857. The van der Waals surface area contributed by atoms with Crippen molar-refractivity contribution >= 4 is 5.97 Å². The van der Waals surface area contributed by atoms with Crippen LogP contribution >= 0.6 is 0 Å². The highest BCUT2D eigenvalue weighted by atomic mass is 16.5. The lowest BCUT2D eigenvalue weighted by atomic mass is 10.1. The molecule has 11 heavy (non-hydrogen) atoms. The van der Waals surface area contributed by atoms with Crippen LogP contribution in [0.2, 0.25) is 0 Å². The molecule has 0 saturated heterocycles. The van der Waals surface area contributed by atoms with E-state index >= 15 is 0 Å². The van der Waals surface area contributed by atoms with Gasteiger partial charge in [-0.1, -0.05) is 0 Å². The summed E-state index contributed by atoms with van der Waals surface area (Å²) in [7, 11) is 0. The SMILES string of the molecule is CCOCCC(CN)C(=O)O. The summed E-state index contributed by atoms with van der Waals surface area (Å²) in [5.74, 6) is -1.30. The Hall–Kier alpha value is -0.610. The van der Waals surface area contributed by atoms with Crippen molar-refractivity contribution in [1.82, 2.24) is 0 Å². The number of carbonyl (C=O) groups is 1. The molecule has 0 aliphatic carbocycles. The number of hydrogen-bond donors (Lipinski definition) is 2. The highest BCUT2D eigenvalue weighted by Crippen LogP contribution is 2.00. The molecule has 0 radical (unpaired) electrons. The van der Waals surface area contributed by atoms with E-state index in [-0.39, 0.29) is 6.54 Å². The second-order valence-electron chi connectivity index (χ2n) is 2.26. The van der Waals surface area contributed by atoms with Crippen molar-refractivity contribution in [1.29, 1.82) is 0 Å². The first-order valence-electron chi connectivity index (χ1n) is 3.73. The van der Waals surface area contributed by atoms with E-state index in [9.17, 15) is 4.79 Å². The maximum absolute atomic E-state index is 10.4. The number of aliphatic carboxylic acids is 1. The van der Waals surface area contributed by atoms with Gasteiger partial charge in [0.05, 0.1) is 5.92 Å². The molecule has 3 N–H and O–H groups in total. The van der Waals surface area contributed by atoms with E-state index in [1.807, 2.05) is 6.92 Å². The van der Waals surface area contributed by atoms with Crippen molar-refractivity contribution < 1.29 is 14.6 Å². The van der Waals surface area contributed by atoms with Gasteiger partial charge in [-0.3, -0.25) is 4.79 Å². The van der Waals surface area contributed by atoms with Gasteiger partial charge in [-0.05, 0) is 13.3 Å². The molecule has 0 amide bonds. The largest absolute Gasteiger partial charge is 0.481 e. The monoisotopic (exact) mass is 161 g/mol. The van der Waals surface area contributed by atoms with E-state index in [1.54, 1.807) is 0 Å². The molecule has 0 bridgehead atoms. The van der Waals surface area contributed by atoms with Crippen LogP contribution in [-0.2, 0) is 9.53 Å². The van der Waals surface area contributed by atoms with Gasteiger partial charge in [-0.15, -0.1) is 0 Å². The number of rotatable bonds is 6. The highest BCUT2D eigenvalue weighted by molar-refractivity contribution is 5.70. The van der Waals surface area contributed by atoms with E-state index < -0.39 is 11.9 Å². The summed E-state index contributed by atoms with van der Waals surface area (Å²) in [5, 5.41) is 8.54. The molecule has 0 spiro atoms. The number of hydrogen-bond acceptors (Lipinski definition) is 3. The first-order chi connectivity index (χ1) is 5.22. The topological polar surface area (TPSA) is 72.5 Å². The third kappa shape index (κ3) is 4.75. The predicted octanol–water partition coefficient (Wildman–Crippen LogP) is 0.0725. The van der Waals surface area contributed by atoms with Gasteiger partial charge in [0.25, 0.3) is 0 Å². The number of carboxylic acid groups (broad SMARTS) is 1. The molecule has 1 atom stereocenters. The lowest BCUT2D eigenvalue weighted by Gasteiger charge is -2.08. The van der Waals surface area contributed by atoms with E-state index in [0.29, 0.717) is 19.6 Å². The minimum absolute atomic E-state index is 0.183. The number of carboxylic acids is 1. The van der Waals surface area contributed by atoms with Crippen molar-refractivity contribution in [2.45, 2.75) is 13.3 Å². The second-order valence-corrected chi connectivity index (χ2v) is 2.26. The van der Waals surface area contributed by atoms with Gasteiger partial charge < -0.3 is 15.6 Å². The Morgan fingerprint density at radius 3 is 2.73 bits per heavy atom. The van der Waals surface area contributed by atoms with Crippen LogP contribution in [0.5, 0.6) is 0 Å². The van der Waals surface area contributed by atoms with E-state index in [0.717, 1.165) is 0 Å². The maximum Gasteiger partial charge on any atom is 0.307 e. The summed E-state index contributed by atoms with van der Waals surface area (Å²) < 4.78 is 5.00. The molecular weight excluding hydrogens is 146 g/mol. The Kier molecular flexibility index (Phi) is 5.78. The first-order valence-corrected chi connectivity index (χ1v) is 3.73. The van der Waals surface area contributed by atoms with E-state index in [1.165, 1.54) is 0 Å². The Labute approximate surface area is 66.3 Å². The summed E-state index contributed by atoms with van der Waals surface area (Å²) >= 11 is 0. The number of ether oxygens (including phenoxy) is 1. The lowest BCUT2D eigenvalue weighted by molar-refractivity contribution is -0.142. The van der Waals surface area contributed by atoms with Gasteiger partial charge >= 0.3 is 5.97 Å². The summed E-state index contributed by atoms with van der Waals surface area (Å²) in [5.41, 5.74) is 5.22. The molecule has 0 aromatic carbocycles. The molecule has 66 valence electrons. The van der Waals surface area contributed by atoms with Crippen molar-refractivity contribution in [3.8, 4) is 0 Å². The molecule has 0 heterocycles. The molecule has 1 unspecified atom stereocenters. The predicted molar refractivity (Wildman–Crippen MR) is 41.3 cm³/mol. The molecule has 0 fully saturated rings. The van der Waals surface area contributed by atoms with Crippen molar-refractivity contribution in [3.63, 3.8) is 0 Å². The van der Waals surface area contributed by atoms with E-state index in [4.69, 9.17) is 15.6 Å². The quantitative estimate of drug-likeness (QED) is 0.541. The molecule has 0 saturated carbocycles. The average molecular weight is 161 g/mol. The highest BCUT2D eigenvalue weighted by Gasteiger charge is 2.14. The maximum atomic E-state index is 10.4. The summed E-state index contributed by atoms with van der Waals surface area (Å²) in [6, 6.07) is 0. The van der Waals surface area contributed by atoms with Crippen molar-refractivity contribution in [2.24, 2.45) is 11.7 Å². The average Bonchev–Trinajstić information content (AvgIpc) is 1.97. The van der Waals surface area contributed by atoms with Crippen LogP contribution in [0, 0.1) is 5.92 Å². The lowest BCUT2D eigenvalue weighted by Crippen LogP contribution is -2.24. The standard InChI is InChI=1S/C7H15NO3/c1-2-11-4-3-6(5-8)7(9)10/h6H,2-5,8H2,1H3,(H,9,10). The zero-order valence-corrected chi connectivity index (χ0v) is 6.75. The minimum Gasteiger partial charge on any atom is -0.481 e. The van der Waals surface area contributed by atoms with Crippen LogP contribution in [0.1, 0.15) is 13.3 Å². The molecule has 4 heteroatoms. The van der Waals surface area contributed by atoms with E-state index in [2.05, 4.69) is 0 Å². The van der Waals surface area contributed by atoms with Crippen LogP contribution in [0.15, 0.2) is 0 Å². The molecule has 0 aliphatic heterocycles. The normalized spacial score (nSPS) is 12.9. The Balaban J connectivity index is 3.44. The fourth-order valence-electron chi connectivity index (χ4n) is 0.712. The third-order valence-electron chi connectivity index (χ3n) is 1.45. The van der Waals surface area contributed by atoms with Gasteiger partial charge in [-0.25, -0.2) is 0 Å². The molecule has 4 nitrogen and oxygen atoms in total. The Morgan fingerprint density at radius 1 is 1.73 bits per heavy atom. The van der Waals surface area contributed by atoms with Gasteiger partial charge in [0.1, 0.15) is 0 Å². The second kappa shape index (κ2) is 6.12. The first kappa shape index (κ1) is 10.4. The van der Waals surface area contributed by atoms with Gasteiger partial charge in [0.2, 0.25) is 0 Å². The summed E-state index contributed by atoms with van der Waals surface area (Å²) in [6.07, 6.45) is 0.500. The van der Waals surface area contributed by atoms with Crippen LogP contribution in [0.4, 0.5) is 0 Å². The smallest absolute Gasteiger partial charge is 0.307 e. The van der Waals surface area contributed by atoms with Gasteiger partial charge in [0.15, 0.2) is 0 Å². The van der Waals surface area contributed by atoms with Crippen LogP contribution in [-0.4, -0.2) is 30.8 Å². The Bertz CT molecular complexity index is 116. The van der Waals surface area contributed by atoms with Crippen LogP contribution in [0.3, 0.4) is 0 Å². The summed E-state index contributed by atoms with van der Waals surface area (Å²) in [4.78, 5) is 10.4. The molecule has 0 aliphatic rings. The van der Waals surface area contributed by atoms with Gasteiger partial charge in [0, 0.05) is 19.8 Å². The van der Waals surface area contributed by atoms with Crippen molar-refractivity contribution in [2.75, 3.05) is 19.8 Å². The Morgan fingerprint density at radius 2 is 2.36 bits per heavy atom. The zero-order valence-electron chi connectivity index (χ0n) is 6.75. The van der Waals surface area contributed by atoms with Crippen LogP contribution in [0.25, 0.3) is 0 Å². The van der Waals surface area contributed by atoms with Crippen LogP contribution < -0.4 is 5.73 Å². The fourth-order valence-corrected chi connectivity index (χ4v) is 0.712. The molecular formula is C7H15NO3. The molecule has 0 rings (SSSR count). The third-order valence-corrected chi connectivity index (χ3v) is 1.45.